The fraction of sp³-hybridized carbons (Fsp3) is 0.818. The molecule has 0 radical (unpaired) electrons. The molecule has 1 saturated carbocycles. The largest absolute Gasteiger partial charge is 0.328 e. The SMILES string of the molecule is CC(N)Cc1nc(C2CCCC2)nn1C. The molecule has 0 aliphatic heterocycles. The third kappa shape index (κ3) is 2.37. The molecule has 1 aromatic heterocycles. The van der Waals surface area contributed by atoms with Gasteiger partial charge in [0.25, 0.3) is 0 Å². The number of nitrogens with two attached hydrogens (primary N) is 1. The van der Waals surface area contributed by atoms with Gasteiger partial charge in [-0.05, 0) is 19.8 Å². The molecule has 15 heavy (non-hydrogen) atoms. The van der Waals surface area contributed by atoms with Gasteiger partial charge in [0, 0.05) is 25.4 Å². The van der Waals surface area contributed by atoms with Gasteiger partial charge in [0.1, 0.15) is 5.82 Å². The van der Waals surface area contributed by atoms with Crippen LogP contribution in [0.1, 0.15) is 50.2 Å². The zero-order valence-corrected chi connectivity index (χ0v) is 9.61. The highest BCUT2D eigenvalue weighted by molar-refractivity contribution is 5.02. The van der Waals surface area contributed by atoms with E-state index in [0.29, 0.717) is 5.92 Å². The van der Waals surface area contributed by atoms with Crippen LogP contribution in [-0.4, -0.2) is 20.8 Å². The van der Waals surface area contributed by atoms with Crippen LogP contribution in [0.4, 0.5) is 0 Å². The number of nitrogens with zero attached hydrogens (tertiary/aromatic N) is 3. The predicted molar refractivity (Wildman–Crippen MR) is 59.6 cm³/mol. The number of rotatable bonds is 3. The molecular formula is C11H20N4. The second kappa shape index (κ2) is 4.31. The minimum Gasteiger partial charge on any atom is -0.328 e. The molecule has 2 N–H and O–H groups in total. The Morgan fingerprint density at radius 3 is 2.73 bits per heavy atom. The van der Waals surface area contributed by atoms with Crippen LogP contribution in [0.3, 0.4) is 0 Å². The molecule has 0 aromatic carbocycles. The molecule has 4 heteroatoms. The summed E-state index contributed by atoms with van der Waals surface area (Å²) in [5, 5.41) is 4.50. The highest BCUT2D eigenvalue weighted by atomic mass is 15.3. The summed E-state index contributed by atoms with van der Waals surface area (Å²) in [6.45, 7) is 2.00. The van der Waals surface area contributed by atoms with Crippen molar-refractivity contribution < 1.29 is 0 Å². The first-order valence-corrected chi connectivity index (χ1v) is 5.82. The highest BCUT2D eigenvalue weighted by Gasteiger charge is 2.22. The summed E-state index contributed by atoms with van der Waals surface area (Å²) in [5.41, 5.74) is 5.77. The Kier molecular flexibility index (Phi) is 3.05. The van der Waals surface area contributed by atoms with Crippen LogP contribution in [0.2, 0.25) is 0 Å². The lowest BCUT2D eigenvalue weighted by Gasteiger charge is -2.02. The molecule has 0 spiro atoms. The zero-order valence-electron chi connectivity index (χ0n) is 9.61. The quantitative estimate of drug-likeness (QED) is 0.816. The Morgan fingerprint density at radius 2 is 2.13 bits per heavy atom. The number of aryl methyl sites for hydroxylation is 1. The van der Waals surface area contributed by atoms with Crippen molar-refractivity contribution in [2.24, 2.45) is 12.8 Å². The third-order valence-corrected chi connectivity index (χ3v) is 3.09. The summed E-state index contributed by atoms with van der Waals surface area (Å²) in [4.78, 5) is 4.60. The molecule has 0 amide bonds. The van der Waals surface area contributed by atoms with Gasteiger partial charge < -0.3 is 5.73 Å². The molecule has 0 bridgehead atoms. The molecule has 84 valence electrons. The van der Waals surface area contributed by atoms with E-state index >= 15 is 0 Å². The average molecular weight is 208 g/mol. The van der Waals surface area contributed by atoms with Crippen molar-refractivity contribution in [1.29, 1.82) is 0 Å². The van der Waals surface area contributed by atoms with E-state index in [2.05, 4.69) is 10.1 Å². The van der Waals surface area contributed by atoms with E-state index in [4.69, 9.17) is 5.73 Å². The lowest BCUT2D eigenvalue weighted by molar-refractivity contribution is 0.626. The number of hydrogen-bond donors (Lipinski definition) is 1. The molecule has 1 unspecified atom stereocenters. The Hall–Kier alpha value is -0.900. The van der Waals surface area contributed by atoms with Gasteiger partial charge in [-0.1, -0.05) is 12.8 Å². The Labute approximate surface area is 90.9 Å². The highest BCUT2D eigenvalue weighted by Crippen LogP contribution is 2.32. The van der Waals surface area contributed by atoms with Crippen LogP contribution in [0.5, 0.6) is 0 Å². The Morgan fingerprint density at radius 1 is 1.47 bits per heavy atom. The van der Waals surface area contributed by atoms with Crippen molar-refractivity contribution in [3.8, 4) is 0 Å². The van der Waals surface area contributed by atoms with Crippen LogP contribution in [0, 0.1) is 0 Å². The minimum absolute atomic E-state index is 0.157. The van der Waals surface area contributed by atoms with E-state index in [-0.39, 0.29) is 6.04 Å². The summed E-state index contributed by atoms with van der Waals surface area (Å²) in [7, 11) is 1.96. The van der Waals surface area contributed by atoms with Crippen molar-refractivity contribution >= 4 is 0 Å². The average Bonchev–Trinajstić information content (AvgIpc) is 2.75. The van der Waals surface area contributed by atoms with E-state index in [1.54, 1.807) is 0 Å². The van der Waals surface area contributed by atoms with Crippen LogP contribution in [0.15, 0.2) is 0 Å². The Bertz CT molecular complexity index is 323. The van der Waals surface area contributed by atoms with Crippen LogP contribution in [0.25, 0.3) is 0 Å². The van der Waals surface area contributed by atoms with Gasteiger partial charge in [0.05, 0.1) is 0 Å². The van der Waals surface area contributed by atoms with Gasteiger partial charge in [-0.3, -0.25) is 4.68 Å². The van der Waals surface area contributed by atoms with Crippen molar-refractivity contribution in [2.75, 3.05) is 0 Å². The first-order chi connectivity index (χ1) is 7.16. The molecule has 1 fully saturated rings. The van der Waals surface area contributed by atoms with Crippen LogP contribution < -0.4 is 5.73 Å². The molecule has 1 atom stereocenters. The first kappa shape index (κ1) is 10.6. The van der Waals surface area contributed by atoms with Gasteiger partial charge in [-0.2, -0.15) is 5.10 Å². The van der Waals surface area contributed by atoms with Crippen molar-refractivity contribution in [3.05, 3.63) is 11.6 Å². The summed E-state index contributed by atoms with van der Waals surface area (Å²) >= 11 is 0. The van der Waals surface area contributed by atoms with Gasteiger partial charge in [0.15, 0.2) is 5.82 Å². The molecular weight excluding hydrogens is 188 g/mol. The molecule has 4 nitrogen and oxygen atoms in total. The maximum absolute atomic E-state index is 5.77. The van der Waals surface area contributed by atoms with Crippen molar-refractivity contribution in [3.63, 3.8) is 0 Å². The Balaban J connectivity index is 2.12. The third-order valence-electron chi connectivity index (χ3n) is 3.09. The smallest absolute Gasteiger partial charge is 0.154 e. The van der Waals surface area contributed by atoms with Crippen molar-refractivity contribution in [1.82, 2.24) is 14.8 Å². The normalized spacial score (nSPS) is 19.7. The lowest BCUT2D eigenvalue weighted by atomic mass is 10.1. The van der Waals surface area contributed by atoms with Crippen LogP contribution >= 0.6 is 0 Å². The topological polar surface area (TPSA) is 56.7 Å². The second-order valence-corrected chi connectivity index (χ2v) is 4.67. The van der Waals surface area contributed by atoms with Gasteiger partial charge in [0.2, 0.25) is 0 Å². The fourth-order valence-electron chi connectivity index (χ4n) is 2.26. The minimum atomic E-state index is 0.157. The number of aromatic nitrogens is 3. The van der Waals surface area contributed by atoms with Crippen LogP contribution in [-0.2, 0) is 13.5 Å². The van der Waals surface area contributed by atoms with Gasteiger partial charge in [-0.25, -0.2) is 4.98 Å². The van der Waals surface area contributed by atoms with E-state index < -0.39 is 0 Å². The molecule has 0 saturated heterocycles. The first-order valence-electron chi connectivity index (χ1n) is 5.82. The maximum atomic E-state index is 5.77. The molecule has 1 aliphatic carbocycles. The van der Waals surface area contributed by atoms with E-state index in [1.165, 1.54) is 25.7 Å². The zero-order chi connectivity index (χ0) is 10.8. The summed E-state index contributed by atoms with van der Waals surface area (Å²) in [6.07, 6.45) is 5.97. The molecule has 1 aliphatic rings. The van der Waals surface area contributed by atoms with E-state index in [1.807, 2.05) is 18.7 Å². The lowest BCUT2D eigenvalue weighted by Crippen LogP contribution is -2.20. The molecule has 2 rings (SSSR count). The predicted octanol–water partition coefficient (Wildman–Crippen LogP) is 1.36. The van der Waals surface area contributed by atoms with Gasteiger partial charge in [-0.15, -0.1) is 0 Å². The standard InChI is InChI=1S/C11H20N4/c1-8(12)7-10-13-11(14-15(10)2)9-5-3-4-6-9/h8-9H,3-7,12H2,1-2H3. The molecule has 1 aromatic rings. The number of hydrogen-bond acceptors (Lipinski definition) is 3. The summed E-state index contributed by atoms with van der Waals surface area (Å²) < 4.78 is 1.89. The summed E-state index contributed by atoms with van der Waals surface area (Å²) in [5.74, 6) is 2.65. The van der Waals surface area contributed by atoms with E-state index in [0.717, 1.165) is 18.1 Å². The van der Waals surface area contributed by atoms with E-state index in [9.17, 15) is 0 Å². The van der Waals surface area contributed by atoms with Gasteiger partial charge >= 0.3 is 0 Å². The fourth-order valence-corrected chi connectivity index (χ4v) is 2.26. The second-order valence-electron chi connectivity index (χ2n) is 4.67. The van der Waals surface area contributed by atoms with Crippen molar-refractivity contribution in [2.45, 2.75) is 51.0 Å². The monoisotopic (exact) mass is 208 g/mol. The maximum Gasteiger partial charge on any atom is 0.154 e. The summed E-state index contributed by atoms with van der Waals surface area (Å²) in [6, 6.07) is 0.157. The molecule has 1 heterocycles.